The molecule has 1 nitrogen and oxygen atoms in total. The molecule has 1 aromatic carbocycles. The standard InChI is InChI=1S/C13H14O/c1-2-6-12-11(5-1)7-9-13(12)8-3-4-10-14-13/h1-6H,7-10H2. The molecule has 14 heavy (non-hydrogen) atoms. The number of rotatable bonds is 0. The Bertz CT molecular complexity index is 381. The SMILES string of the molecule is C1=CCC2(CCc3ccccc32)OC1. The van der Waals surface area contributed by atoms with E-state index in [-0.39, 0.29) is 5.60 Å². The van der Waals surface area contributed by atoms with Crippen molar-refractivity contribution in [2.75, 3.05) is 6.61 Å². The van der Waals surface area contributed by atoms with E-state index in [4.69, 9.17) is 4.74 Å². The summed E-state index contributed by atoms with van der Waals surface area (Å²) in [4.78, 5) is 0. The second-order valence-electron chi connectivity index (χ2n) is 4.14. The Morgan fingerprint density at radius 1 is 1.14 bits per heavy atom. The molecule has 1 aliphatic heterocycles. The van der Waals surface area contributed by atoms with Crippen molar-refractivity contribution in [3.8, 4) is 0 Å². The Balaban J connectivity index is 2.08. The van der Waals surface area contributed by atoms with Gasteiger partial charge in [-0.25, -0.2) is 0 Å². The summed E-state index contributed by atoms with van der Waals surface area (Å²) < 4.78 is 5.97. The highest BCUT2D eigenvalue weighted by atomic mass is 16.5. The molecule has 0 saturated heterocycles. The van der Waals surface area contributed by atoms with Gasteiger partial charge in [0.15, 0.2) is 0 Å². The predicted octanol–water partition coefficient (Wildman–Crippen LogP) is 2.80. The first-order valence-corrected chi connectivity index (χ1v) is 5.28. The minimum atomic E-state index is 0.0192. The summed E-state index contributed by atoms with van der Waals surface area (Å²) in [6.45, 7) is 0.772. The van der Waals surface area contributed by atoms with Crippen LogP contribution in [0.25, 0.3) is 0 Å². The Labute approximate surface area is 84.4 Å². The van der Waals surface area contributed by atoms with Gasteiger partial charge in [-0.05, 0) is 30.4 Å². The van der Waals surface area contributed by atoms with Gasteiger partial charge in [-0.15, -0.1) is 0 Å². The summed E-state index contributed by atoms with van der Waals surface area (Å²) in [6.07, 6.45) is 7.74. The van der Waals surface area contributed by atoms with Gasteiger partial charge in [0.25, 0.3) is 0 Å². The zero-order chi connectivity index (χ0) is 9.43. The van der Waals surface area contributed by atoms with Crippen molar-refractivity contribution in [1.82, 2.24) is 0 Å². The van der Waals surface area contributed by atoms with Crippen LogP contribution in [0.1, 0.15) is 24.0 Å². The van der Waals surface area contributed by atoms with Crippen LogP contribution in [0.4, 0.5) is 0 Å². The highest BCUT2D eigenvalue weighted by molar-refractivity contribution is 5.38. The highest BCUT2D eigenvalue weighted by Gasteiger charge is 2.39. The normalized spacial score (nSPS) is 29.4. The van der Waals surface area contributed by atoms with Gasteiger partial charge in [-0.3, -0.25) is 0 Å². The molecule has 1 atom stereocenters. The monoisotopic (exact) mass is 186 g/mol. The molecular formula is C13H14O. The smallest absolute Gasteiger partial charge is 0.0975 e. The predicted molar refractivity (Wildman–Crippen MR) is 56.2 cm³/mol. The van der Waals surface area contributed by atoms with Gasteiger partial charge in [-0.1, -0.05) is 36.4 Å². The van der Waals surface area contributed by atoms with Crippen LogP contribution in [-0.2, 0) is 16.8 Å². The van der Waals surface area contributed by atoms with Gasteiger partial charge in [0.2, 0.25) is 0 Å². The van der Waals surface area contributed by atoms with Crippen molar-refractivity contribution in [3.05, 3.63) is 47.5 Å². The van der Waals surface area contributed by atoms with Crippen molar-refractivity contribution in [3.63, 3.8) is 0 Å². The van der Waals surface area contributed by atoms with E-state index in [2.05, 4.69) is 36.4 Å². The number of hydrogen-bond donors (Lipinski definition) is 0. The van der Waals surface area contributed by atoms with E-state index < -0.39 is 0 Å². The van der Waals surface area contributed by atoms with Crippen molar-refractivity contribution < 1.29 is 4.74 Å². The molecule has 1 aromatic rings. The number of fused-ring (bicyclic) bond motifs is 2. The topological polar surface area (TPSA) is 9.23 Å². The molecule has 72 valence electrons. The van der Waals surface area contributed by atoms with Gasteiger partial charge in [0.1, 0.15) is 0 Å². The molecule has 0 N–H and O–H groups in total. The van der Waals surface area contributed by atoms with Crippen LogP contribution in [0.3, 0.4) is 0 Å². The van der Waals surface area contributed by atoms with Gasteiger partial charge in [0.05, 0.1) is 12.2 Å². The fraction of sp³-hybridized carbons (Fsp3) is 0.385. The molecule has 0 aromatic heterocycles. The molecule has 0 fully saturated rings. The second kappa shape index (κ2) is 2.96. The molecule has 0 bridgehead atoms. The van der Waals surface area contributed by atoms with Crippen molar-refractivity contribution in [2.24, 2.45) is 0 Å². The zero-order valence-corrected chi connectivity index (χ0v) is 8.20. The van der Waals surface area contributed by atoms with E-state index in [1.807, 2.05) is 0 Å². The fourth-order valence-corrected chi connectivity index (χ4v) is 2.62. The first kappa shape index (κ1) is 8.25. The summed E-state index contributed by atoms with van der Waals surface area (Å²) in [5, 5.41) is 0. The lowest BCUT2D eigenvalue weighted by Crippen LogP contribution is -2.28. The van der Waals surface area contributed by atoms with Crippen LogP contribution in [0.5, 0.6) is 0 Å². The largest absolute Gasteiger partial charge is 0.366 e. The molecule has 3 rings (SSSR count). The van der Waals surface area contributed by atoms with Gasteiger partial charge in [0, 0.05) is 0 Å². The average molecular weight is 186 g/mol. The maximum atomic E-state index is 5.97. The Kier molecular flexibility index (Phi) is 1.74. The molecule has 1 heteroatoms. The van der Waals surface area contributed by atoms with E-state index in [1.54, 1.807) is 0 Å². The average Bonchev–Trinajstić information content (AvgIpc) is 2.60. The third kappa shape index (κ3) is 1.05. The van der Waals surface area contributed by atoms with Gasteiger partial charge >= 0.3 is 0 Å². The molecule has 0 saturated carbocycles. The summed E-state index contributed by atoms with van der Waals surface area (Å²) in [7, 11) is 0. The lowest BCUT2D eigenvalue weighted by molar-refractivity contribution is -0.0399. The molecule has 1 heterocycles. The molecule has 0 radical (unpaired) electrons. The highest BCUT2D eigenvalue weighted by Crippen LogP contribution is 2.43. The van der Waals surface area contributed by atoms with Crippen LogP contribution in [-0.4, -0.2) is 6.61 Å². The lowest BCUT2D eigenvalue weighted by atomic mass is 9.90. The van der Waals surface area contributed by atoms with E-state index >= 15 is 0 Å². The first-order valence-electron chi connectivity index (χ1n) is 5.28. The van der Waals surface area contributed by atoms with E-state index in [0.717, 1.165) is 19.4 Å². The number of benzene rings is 1. The molecule has 1 aliphatic carbocycles. The minimum absolute atomic E-state index is 0.0192. The summed E-state index contributed by atoms with van der Waals surface area (Å²) in [5.74, 6) is 0. The minimum Gasteiger partial charge on any atom is -0.366 e. The molecule has 2 aliphatic rings. The lowest BCUT2D eigenvalue weighted by Gasteiger charge is -2.31. The third-order valence-corrected chi connectivity index (χ3v) is 3.38. The number of aryl methyl sites for hydroxylation is 1. The molecule has 1 unspecified atom stereocenters. The van der Waals surface area contributed by atoms with E-state index in [1.165, 1.54) is 17.5 Å². The third-order valence-electron chi connectivity index (χ3n) is 3.38. The molecule has 0 amide bonds. The van der Waals surface area contributed by atoms with Crippen LogP contribution in [0.15, 0.2) is 36.4 Å². The van der Waals surface area contributed by atoms with Crippen LogP contribution in [0, 0.1) is 0 Å². The van der Waals surface area contributed by atoms with Gasteiger partial charge < -0.3 is 4.74 Å². The number of hydrogen-bond acceptors (Lipinski definition) is 1. The first-order chi connectivity index (χ1) is 6.91. The Hall–Kier alpha value is -1.08. The fourth-order valence-electron chi connectivity index (χ4n) is 2.62. The molecule has 1 spiro atoms. The summed E-state index contributed by atoms with van der Waals surface area (Å²) >= 11 is 0. The van der Waals surface area contributed by atoms with Gasteiger partial charge in [-0.2, -0.15) is 0 Å². The maximum absolute atomic E-state index is 5.97. The summed E-state index contributed by atoms with van der Waals surface area (Å²) in [6, 6.07) is 8.69. The van der Waals surface area contributed by atoms with Crippen molar-refractivity contribution in [2.45, 2.75) is 24.9 Å². The molecular weight excluding hydrogens is 172 g/mol. The van der Waals surface area contributed by atoms with Crippen LogP contribution in [0.2, 0.25) is 0 Å². The van der Waals surface area contributed by atoms with Crippen molar-refractivity contribution in [1.29, 1.82) is 0 Å². The van der Waals surface area contributed by atoms with E-state index in [9.17, 15) is 0 Å². The quantitative estimate of drug-likeness (QED) is 0.566. The Morgan fingerprint density at radius 3 is 2.93 bits per heavy atom. The van der Waals surface area contributed by atoms with Crippen molar-refractivity contribution >= 4 is 0 Å². The summed E-state index contributed by atoms with van der Waals surface area (Å²) in [5.41, 5.74) is 2.91. The van der Waals surface area contributed by atoms with Crippen LogP contribution >= 0.6 is 0 Å². The number of ether oxygens (including phenoxy) is 1. The zero-order valence-electron chi connectivity index (χ0n) is 8.20. The van der Waals surface area contributed by atoms with E-state index in [0.29, 0.717) is 0 Å². The Morgan fingerprint density at radius 2 is 2.07 bits per heavy atom. The van der Waals surface area contributed by atoms with Crippen LogP contribution < -0.4 is 0 Å². The maximum Gasteiger partial charge on any atom is 0.0975 e. The second-order valence-corrected chi connectivity index (χ2v) is 4.14.